The lowest BCUT2D eigenvalue weighted by atomic mass is 10.2. The van der Waals surface area contributed by atoms with Gasteiger partial charge in [-0.2, -0.15) is 0 Å². The van der Waals surface area contributed by atoms with Crippen LogP contribution in [0.4, 0.5) is 4.79 Å². The van der Waals surface area contributed by atoms with Gasteiger partial charge in [-0.1, -0.05) is 0 Å². The van der Waals surface area contributed by atoms with Crippen LogP contribution in [0.1, 0.15) is 12.5 Å². The predicted molar refractivity (Wildman–Crippen MR) is 78.6 cm³/mol. The Bertz CT molecular complexity index is 878. The van der Waals surface area contributed by atoms with Crippen LogP contribution in [0, 0.1) is 0 Å². The fourth-order valence-corrected chi connectivity index (χ4v) is 2.98. The molecule has 0 spiro atoms. The number of likely N-dealkylation sites (tertiary alicyclic amines) is 1. The number of carbonyl (C=O) groups excluding carboxylic acids is 1. The second-order valence-electron chi connectivity index (χ2n) is 5.31. The normalized spacial score (nSPS) is 18.2. The summed E-state index contributed by atoms with van der Waals surface area (Å²) in [6.45, 7) is 1.11. The topological polar surface area (TPSA) is 88.8 Å². The van der Waals surface area contributed by atoms with Crippen LogP contribution in [0.2, 0.25) is 0 Å². The maximum absolute atomic E-state index is 12.3. The fraction of sp³-hybridized carbons (Fsp3) is 0.286. The maximum atomic E-state index is 12.3. The highest BCUT2D eigenvalue weighted by atomic mass is 16.2. The Morgan fingerprint density at radius 2 is 2.27 bits per heavy atom. The van der Waals surface area contributed by atoms with Crippen LogP contribution in [0.25, 0.3) is 11.2 Å². The molecule has 0 aliphatic carbocycles. The molecule has 112 valence electrons. The summed E-state index contributed by atoms with van der Waals surface area (Å²) >= 11 is 0. The van der Waals surface area contributed by atoms with Gasteiger partial charge < -0.3 is 4.90 Å². The van der Waals surface area contributed by atoms with E-state index in [1.54, 1.807) is 34.1 Å². The predicted octanol–water partition coefficient (Wildman–Crippen LogP) is 0.836. The summed E-state index contributed by atoms with van der Waals surface area (Å²) in [5.74, 6) is 0. The van der Waals surface area contributed by atoms with E-state index in [1.807, 2.05) is 6.07 Å². The molecular weight excluding hydrogens is 284 g/mol. The van der Waals surface area contributed by atoms with Gasteiger partial charge in [0.2, 0.25) is 0 Å². The molecule has 1 aliphatic heterocycles. The lowest BCUT2D eigenvalue weighted by molar-refractivity contribution is 0.209. The van der Waals surface area contributed by atoms with Gasteiger partial charge in [0, 0.05) is 31.7 Å². The van der Waals surface area contributed by atoms with Crippen molar-refractivity contribution >= 4 is 17.2 Å². The first-order chi connectivity index (χ1) is 10.7. The van der Waals surface area contributed by atoms with Crippen molar-refractivity contribution in [2.24, 2.45) is 0 Å². The van der Waals surface area contributed by atoms with E-state index in [0.29, 0.717) is 18.7 Å². The number of hydrogen-bond donors (Lipinski definition) is 1. The lowest BCUT2D eigenvalue weighted by Gasteiger charge is -2.17. The van der Waals surface area contributed by atoms with Crippen molar-refractivity contribution in [3.8, 4) is 0 Å². The van der Waals surface area contributed by atoms with Gasteiger partial charge in [-0.3, -0.25) is 14.1 Å². The summed E-state index contributed by atoms with van der Waals surface area (Å²) in [7, 11) is 0. The lowest BCUT2D eigenvalue weighted by Crippen LogP contribution is -2.33. The van der Waals surface area contributed by atoms with Gasteiger partial charge in [-0.25, -0.2) is 19.6 Å². The van der Waals surface area contributed by atoms with Gasteiger partial charge in [-0.15, -0.1) is 0 Å². The molecule has 22 heavy (non-hydrogen) atoms. The molecule has 1 aliphatic rings. The zero-order valence-electron chi connectivity index (χ0n) is 11.7. The standard InChI is InChI=1S/C14H14N6O2/c21-13-17-12-11(2-1-4-16-12)20(13)10-3-6-18(8-10)14(22)19-7-5-15-9-19/h1-2,4-5,7,9-10H,3,6,8H2,(H,16,17,21). The molecule has 8 nitrogen and oxygen atoms in total. The van der Waals surface area contributed by atoms with E-state index in [2.05, 4.69) is 15.0 Å². The summed E-state index contributed by atoms with van der Waals surface area (Å²) in [5, 5.41) is 0. The number of carbonyl (C=O) groups is 1. The molecule has 4 rings (SSSR count). The van der Waals surface area contributed by atoms with Crippen molar-refractivity contribution in [1.82, 2.24) is 29.0 Å². The van der Waals surface area contributed by atoms with E-state index in [1.165, 1.54) is 10.9 Å². The molecule has 1 saturated heterocycles. The number of fused-ring (bicyclic) bond motifs is 1. The van der Waals surface area contributed by atoms with Gasteiger partial charge in [-0.05, 0) is 18.6 Å². The molecule has 3 aromatic heterocycles. The van der Waals surface area contributed by atoms with Crippen molar-refractivity contribution in [2.45, 2.75) is 12.5 Å². The summed E-state index contributed by atoms with van der Waals surface area (Å²) in [5.41, 5.74) is 1.16. The van der Waals surface area contributed by atoms with Gasteiger partial charge in [0.25, 0.3) is 0 Å². The largest absolute Gasteiger partial charge is 0.329 e. The SMILES string of the molecule is O=C(N1CCC(n2c(=O)[nH]c3ncccc32)C1)n1ccnc1. The Labute approximate surface area is 125 Å². The van der Waals surface area contributed by atoms with Crippen molar-refractivity contribution in [3.63, 3.8) is 0 Å². The van der Waals surface area contributed by atoms with Gasteiger partial charge >= 0.3 is 11.7 Å². The van der Waals surface area contributed by atoms with Crippen LogP contribution in [0.15, 0.2) is 41.8 Å². The van der Waals surface area contributed by atoms with Crippen LogP contribution >= 0.6 is 0 Å². The number of nitrogens with one attached hydrogen (secondary N) is 1. The van der Waals surface area contributed by atoms with Crippen LogP contribution in [-0.4, -0.2) is 48.1 Å². The Hall–Kier alpha value is -2.90. The molecule has 8 heteroatoms. The van der Waals surface area contributed by atoms with Gasteiger partial charge in [0.15, 0.2) is 5.65 Å². The molecule has 1 atom stereocenters. The average molecular weight is 298 g/mol. The third-order valence-corrected chi connectivity index (χ3v) is 4.01. The molecule has 1 N–H and O–H groups in total. The molecule has 1 unspecified atom stereocenters. The van der Waals surface area contributed by atoms with Crippen LogP contribution < -0.4 is 5.69 Å². The average Bonchev–Trinajstić information content (AvgIpc) is 3.25. The van der Waals surface area contributed by atoms with E-state index in [9.17, 15) is 9.59 Å². The summed E-state index contributed by atoms with van der Waals surface area (Å²) < 4.78 is 3.14. The Balaban J connectivity index is 1.64. The molecule has 1 fully saturated rings. The van der Waals surface area contributed by atoms with Crippen molar-refractivity contribution in [2.75, 3.05) is 13.1 Å². The van der Waals surface area contributed by atoms with Crippen LogP contribution in [0.3, 0.4) is 0 Å². The minimum atomic E-state index is -0.185. The highest BCUT2D eigenvalue weighted by Gasteiger charge is 2.30. The minimum absolute atomic E-state index is 0.0436. The number of aromatic nitrogens is 5. The number of nitrogens with zero attached hydrogens (tertiary/aromatic N) is 5. The van der Waals surface area contributed by atoms with Gasteiger partial charge in [0.1, 0.15) is 6.33 Å². The van der Waals surface area contributed by atoms with Crippen LogP contribution in [-0.2, 0) is 0 Å². The molecular formula is C14H14N6O2. The summed E-state index contributed by atoms with van der Waals surface area (Å²) in [6, 6.07) is 3.50. The molecule has 0 saturated carbocycles. The second-order valence-corrected chi connectivity index (χ2v) is 5.31. The monoisotopic (exact) mass is 298 g/mol. The molecule has 0 aromatic carbocycles. The third kappa shape index (κ3) is 1.92. The Kier molecular flexibility index (Phi) is 2.81. The maximum Gasteiger partial charge on any atom is 0.329 e. The van der Waals surface area contributed by atoms with Crippen molar-refractivity contribution in [3.05, 3.63) is 47.5 Å². The zero-order chi connectivity index (χ0) is 15.1. The van der Waals surface area contributed by atoms with E-state index >= 15 is 0 Å². The number of imidazole rings is 2. The van der Waals surface area contributed by atoms with E-state index in [0.717, 1.165) is 11.9 Å². The number of pyridine rings is 1. The van der Waals surface area contributed by atoms with Crippen molar-refractivity contribution < 1.29 is 4.79 Å². The van der Waals surface area contributed by atoms with Gasteiger partial charge in [0.05, 0.1) is 11.6 Å². The number of H-pyrrole nitrogens is 1. The molecule has 3 aromatic rings. The molecule has 4 heterocycles. The molecule has 1 amide bonds. The number of rotatable bonds is 1. The van der Waals surface area contributed by atoms with E-state index < -0.39 is 0 Å². The Morgan fingerprint density at radius 1 is 1.36 bits per heavy atom. The number of amides is 1. The number of hydrogen-bond acceptors (Lipinski definition) is 4. The fourth-order valence-electron chi connectivity index (χ4n) is 2.98. The van der Waals surface area contributed by atoms with Crippen LogP contribution in [0.5, 0.6) is 0 Å². The van der Waals surface area contributed by atoms with Crippen molar-refractivity contribution in [1.29, 1.82) is 0 Å². The van der Waals surface area contributed by atoms with E-state index in [-0.39, 0.29) is 17.8 Å². The van der Waals surface area contributed by atoms with E-state index in [4.69, 9.17) is 0 Å². The summed E-state index contributed by atoms with van der Waals surface area (Å²) in [4.78, 5) is 37.0. The second kappa shape index (κ2) is 4.83. The first-order valence-corrected chi connectivity index (χ1v) is 7.06. The smallest absolute Gasteiger partial charge is 0.322 e. The molecule has 0 bridgehead atoms. The molecule has 0 radical (unpaired) electrons. The summed E-state index contributed by atoms with van der Waals surface area (Å²) in [6.07, 6.45) is 7.06. The number of aromatic amines is 1. The quantitative estimate of drug-likeness (QED) is 0.721. The third-order valence-electron chi connectivity index (χ3n) is 4.01. The first-order valence-electron chi connectivity index (χ1n) is 7.06. The highest BCUT2D eigenvalue weighted by molar-refractivity contribution is 5.77. The minimum Gasteiger partial charge on any atom is -0.322 e. The first kappa shape index (κ1) is 12.8. The highest BCUT2D eigenvalue weighted by Crippen LogP contribution is 2.23. The zero-order valence-corrected chi connectivity index (χ0v) is 11.7. The Morgan fingerprint density at radius 3 is 3.09 bits per heavy atom.